The number of carbonyl (C=O) groups is 1. The fourth-order valence-corrected chi connectivity index (χ4v) is 4.42. The van der Waals surface area contributed by atoms with Gasteiger partial charge in [0.2, 0.25) is 0 Å². The second-order valence-electron chi connectivity index (χ2n) is 8.48. The highest BCUT2D eigenvalue weighted by atomic mass is 127. The third-order valence-electron chi connectivity index (χ3n) is 6.00. The number of piperazine rings is 1. The largest absolute Gasteiger partial charge is 0.368 e. The maximum absolute atomic E-state index is 12.5. The van der Waals surface area contributed by atoms with Crippen LogP contribution in [-0.2, 0) is 9.53 Å². The van der Waals surface area contributed by atoms with Gasteiger partial charge in [-0.15, -0.1) is 24.0 Å². The molecule has 7 nitrogen and oxygen atoms in total. The summed E-state index contributed by atoms with van der Waals surface area (Å²) in [6.45, 7) is 13.7. The Morgan fingerprint density at radius 1 is 1.07 bits per heavy atom. The van der Waals surface area contributed by atoms with Gasteiger partial charge in [-0.1, -0.05) is 13.3 Å². The summed E-state index contributed by atoms with van der Waals surface area (Å²) in [5.74, 6) is 1.74. The van der Waals surface area contributed by atoms with E-state index in [4.69, 9.17) is 9.73 Å². The number of rotatable bonds is 6. The molecule has 0 radical (unpaired) electrons. The molecule has 0 bridgehead atoms. The average molecular weight is 521 g/mol. The van der Waals surface area contributed by atoms with Crippen molar-refractivity contribution in [1.29, 1.82) is 0 Å². The standard InChI is InChI=1S/C21H39N5O2.HI/c1-3-22-21(23-16-18(2)17-24-9-5-4-6-10-24)26-13-11-25(12-14-26)20(27)19-8-7-15-28-19;/h18-19H,3-17H2,1-2H3,(H,22,23);1H. The fraction of sp³-hybridized carbons (Fsp3) is 0.905. The van der Waals surface area contributed by atoms with Gasteiger partial charge >= 0.3 is 0 Å². The SMILES string of the molecule is CCNC(=NCC(C)CN1CCCCC1)N1CCN(C(=O)C2CCCO2)CC1.I. The Bertz CT molecular complexity index is 513. The lowest BCUT2D eigenvalue weighted by atomic mass is 10.1. The molecule has 3 saturated heterocycles. The maximum atomic E-state index is 12.5. The van der Waals surface area contributed by atoms with Crippen molar-refractivity contribution in [1.82, 2.24) is 20.0 Å². The summed E-state index contributed by atoms with van der Waals surface area (Å²) < 4.78 is 5.56. The van der Waals surface area contributed by atoms with Crippen molar-refractivity contribution >= 4 is 35.8 Å². The highest BCUT2D eigenvalue weighted by Crippen LogP contribution is 2.16. The number of aliphatic imine (C=N–C) groups is 1. The molecule has 0 aromatic carbocycles. The normalized spacial score (nSPS) is 24.9. The van der Waals surface area contributed by atoms with Gasteiger partial charge in [-0.05, 0) is 51.6 Å². The smallest absolute Gasteiger partial charge is 0.251 e. The van der Waals surface area contributed by atoms with Crippen LogP contribution in [0, 0.1) is 5.92 Å². The first-order valence-corrected chi connectivity index (χ1v) is 11.3. The third-order valence-corrected chi connectivity index (χ3v) is 6.00. The number of carbonyl (C=O) groups excluding carboxylic acids is 1. The van der Waals surface area contributed by atoms with Crippen LogP contribution in [0.1, 0.15) is 46.0 Å². The monoisotopic (exact) mass is 521 g/mol. The lowest BCUT2D eigenvalue weighted by Crippen LogP contribution is -2.55. The first kappa shape index (κ1) is 24.7. The predicted octanol–water partition coefficient (Wildman–Crippen LogP) is 2.02. The summed E-state index contributed by atoms with van der Waals surface area (Å²) in [6, 6.07) is 0. The quantitative estimate of drug-likeness (QED) is 0.329. The van der Waals surface area contributed by atoms with Crippen molar-refractivity contribution in [3.8, 4) is 0 Å². The molecule has 168 valence electrons. The zero-order valence-corrected chi connectivity index (χ0v) is 20.6. The van der Waals surface area contributed by atoms with E-state index in [0.29, 0.717) is 5.92 Å². The second kappa shape index (κ2) is 12.9. The van der Waals surface area contributed by atoms with E-state index in [-0.39, 0.29) is 36.0 Å². The van der Waals surface area contributed by atoms with Crippen molar-refractivity contribution < 1.29 is 9.53 Å². The van der Waals surface area contributed by atoms with Crippen LogP contribution in [0.4, 0.5) is 0 Å². The highest BCUT2D eigenvalue weighted by Gasteiger charge is 2.30. The molecule has 3 heterocycles. The zero-order chi connectivity index (χ0) is 19.8. The van der Waals surface area contributed by atoms with Crippen LogP contribution < -0.4 is 5.32 Å². The molecule has 8 heteroatoms. The number of hydrogen-bond acceptors (Lipinski definition) is 4. The van der Waals surface area contributed by atoms with Crippen LogP contribution in [0.3, 0.4) is 0 Å². The minimum Gasteiger partial charge on any atom is -0.368 e. The minimum absolute atomic E-state index is 0. The van der Waals surface area contributed by atoms with Gasteiger partial charge < -0.3 is 24.8 Å². The van der Waals surface area contributed by atoms with Crippen molar-refractivity contribution in [2.45, 2.75) is 52.1 Å². The Labute approximate surface area is 193 Å². The van der Waals surface area contributed by atoms with Gasteiger partial charge in [0.15, 0.2) is 5.96 Å². The summed E-state index contributed by atoms with van der Waals surface area (Å²) in [5.41, 5.74) is 0. The molecule has 1 amide bonds. The minimum atomic E-state index is -0.205. The molecule has 3 fully saturated rings. The lowest BCUT2D eigenvalue weighted by molar-refractivity contribution is -0.142. The Kier molecular flexibility index (Phi) is 11.0. The van der Waals surface area contributed by atoms with Gasteiger partial charge in [0.1, 0.15) is 6.10 Å². The maximum Gasteiger partial charge on any atom is 0.251 e. The van der Waals surface area contributed by atoms with Crippen LogP contribution in [-0.4, -0.2) is 98.2 Å². The zero-order valence-electron chi connectivity index (χ0n) is 18.3. The molecule has 1 N–H and O–H groups in total. The number of guanidine groups is 1. The molecule has 2 unspecified atom stereocenters. The number of likely N-dealkylation sites (tertiary alicyclic amines) is 1. The van der Waals surface area contributed by atoms with Crippen molar-refractivity contribution in [3.63, 3.8) is 0 Å². The summed E-state index contributed by atoms with van der Waals surface area (Å²) >= 11 is 0. The van der Waals surface area contributed by atoms with Crippen molar-refractivity contribution in [2.24, 2.45) is 10.9 Å². The molecule has 0 saturated carbocycles. The summed E-state index contributed by atoms with van der Waals surface area (Å²) in [5, 5.41) is 3.44. The molecular formula is C21H40IN5O2. The van der Waals surface area contributed by atoms with Gasteiger partial charge in [-0.2, -0.15) is 0 Å². The molecule has 0 aromatic heterocycles. The van der Waals surface area contributed by atoms with Crippen LogP contribution >= 0.6 is 24.0 Å². The Hall–Kier alpha value is -0.610. The van der Waals surface area contributed by atoms with Crippen LogP contribution in [0.25, 0.3) is 0 Å². The Balaban J connectivity index is 0.00000300. The second-order valence-corrected chi connectivity index (χ2v) is 8.48. The summed E-state index contributed by atoms with van der Waals surface area (Å²) in [6.07, 6.45) is 5.74. The van der Waals surface area contributed by atoms with E-state index in [2.05, 4.69) is 29.0 Å². The van der Waals surface area contributed by atoms with E-state index in [1.807, 2.05) is 4.90 Å². The average Bonchev–Trinajstić information content (AvgIpc) is 3.26. The molecule has 3 rings (SSSR count). The van der Waals surface area contributed by atoms with Crippen molar-refractivity contribution in [3.05, 3.63) is 0 Å². The van der Waals surface area contributed by atoms with E-state index >= 15 is 0 Å². The van der Waals surface area contributed by atoms with Crippen LogP contribution in [0.15, 0.2) is 4.99 Å². The van der Waals surface area contributed by atoms with Gasteiger partial charge in [0, 0.05) is 52.4 Å². The van der Waals surface area contributed by atoms with E-state index < -0.39 is 0 Å². The number of hydrogen-bond donors (Lipinski definition) is 1. The molecule has 29 heavy (non-hydrogen) atoms. The summed E-state index contributed by atoms with van der Waals surface area (Å²) in [4.78, 5) is 24.3. The molecule has 0 spiro atoms. The predicted molar refractivity (Wildman–Crippen MR) is 128 cm³/mol. The molecule has 3 aliphatic rings. The fourth-order valence-electron chi connectivity index (χ4n) is 4.42. The van der Waals surface area contributed by atoms with Gasteiger partial charge in [-0.3, -0.25) is 9.79 Å². The first-order valence-electron chi connectivity index (χ1n) is 11.3. The van der Waals surface area contributed by atoms with Gasteiger partial charge in [0.25, 0.3) is 5.91 Å². The van der Waals surface area contributed by atoms with Crippen LogP contribution in [0.5, 0.6) is 0 Å². The molecule has 2 atom stereocenters. The van der Waals surface area contributed by atoms with Crippen LogP contribution in [0.2, 0.25) is 0 Å². The number of piperidine rings is 1. The number of nitrogens with zero attached hydrogens (tertiary/aromatic N) is 4. The molecule has 0 aliphatic carbocycles. The topological polar surface area (TPSA) is 60.4 Å². The van der Waals surface area contributed by atoms with Gasteiger partial charge in [-0.25, -0.2) is 0 Å². The Morgan fingerprint density at radius 2 is 1.76 bits per heavy atom. The molecule has 0 aromatic rings. The number of halogens is 1. The number of nitrogens with one attached hydrogen (secondary N) is 1. The van der Waals surface area contributed by atoms with Gasteiger partial charge in [0.05, 0.1) is 0 Å². The first-order chi connectivity index (χ1) is 13.7. The third kappa shape index (κ3) is 7.54. The Morgan fingerprint density at radius 3 is 2.38 bits per heavy atom. The van der Waals surface area contributed by atoms with Crippen molar-refractivity contribution in [2.75, 3.05) is 65.5 Å². The van der Waals surface area contributed by atoms with E-state index in [9.17, 15) is 4.79 Å². The number of ether oxygens (including phenoxy) is 1. The highest BCUT2D eigenvalue weighted by molar-refractivity contribution is 14.0. The summed E-state index contributed by atoms with van der Waals surface area (Å²) in [7, 11) is 0. The molecule has 3 aliphatic heterocycles. The van der Waals surface area contributed by atoms with E-state index in [1.165, 1.54) is 32.4 Å². The van der Waals surface area contributed by atoms with E-state index in [0.717, 1.165) is 71.2 Å². The van der Waals surface area contributed by atoms with E-state index in [1.54, 1.807) is 0 Å². The molecular weight excluding hydrogens is 481 g/mol. The lowest BCUT2D eigenvalue weighted by Gasteiger charge is -2.37. The number of amides is 1.